The molecule has 0 fully saturated rings. The van der Waals surface area contributed by atoms with Crippen LogP contribution in [0.3, 0.4) is 0 Å². The first-order valence-electron chi connectivity index (χ1n) is 5.33. The monoisotopic (exact) mass is 259 g/mol. The van der Waals surface area contributed by atoms with Crippen LogP contribution in [-0.2, 0) is 10.0 Å². The molecule has 0 aliphatic heterocycles. The number of hydrogen-bond donors (Lipinski definition) is 2. The van der Waals surface area contributed by atoms with Gasteiger partial charge in [-0.25, -0.2) is 8.42 Å². The Morgan fingerprint density at radius 1 is 1.35 bits per heavy atom. The van der Waals surface area contributed by atoms with Gasteiger partial charge >= 0.3 is 0 Å². The van der Waals surface area contributed by atoms with Crippen LogP contribution in [0.5, 0.6) is 5.75 Å². The van der Waals surface area contributed by atoms with Crippen molar-refractivity contribution in [1.29, 1.82) is 0 Å². The van der Waals surface area contributed by atoms with Crippen LogP contribution in [0.25, 0.3) is 0 Å². The number of phenolic OH excluding ortho intramolecular Hbond substituents is 1. The minimum Gasteiger partial charge on any atom is -0.508 e. The number of aliphatic hydroxyl groups is 1. The number of nitrogens with zero attached hydrogens (tertiary/aromatic N) is 1. The second-order valence-corrected chi connectivity index (χ2v) is 5.69. The maximum Gasteiger partial charge on any atom is 0.237 e. The van der Waals surface area contributed by atoms with Crippen molar-refractivity contribution in [3.8, 4) is 5.75 Å². The van der Waals surface area contributed by atoms with E-state index in [0.29, 0.717) is 5.69 Å². The van der Waals surface area contributed by atoms with Crippen LogP contribution in [0.4, 0.5) is 5.69 Å². The summed E-state index contributed by atoms with van der Waals surface area (Å²) in [4.78, 5) is 0. The van der Waals surface area contributed by atoms with E-state index < -0.39 is 16.6 Å². The lowest BCUT2D eigenvalue weighted by Crippen LogP contribution is -2.34. The van der Waals surface area contributed by atoms with Crippen molar-refractivity contribution in [3.05, 3.63) is 23.8 Å². The van der Waals surface area contributed by atoms with Crippen LogP contribution in [-0.4, -0.2) is 37.5 Å². The number of sulfonamides is 1. The normalized spacial score (nSPS) is 11.5. The summed E-state index contributed by atoms with van der Waals surface area (Å²) < 4.78 is 25.0. The molecular formula is C11H17NO4S. The lowest BCUT2D eigenvalue weighted by Gasteiger charge is -2.24. The fourth-order valence-corrected chi connectivity index (χ4v) is 2.95. The smallest absolute Gasteiger partial charge is 0.237 e. The van der Waals surface area contributed by atoms with E-state index >= 15 is 0 Å². The SMILES string of the molecule is CCN(c1cc(O)ccc1C)S(=O)(=O)CCO. The lowest BCUT2D eigenvalue weighted by molar-refractivity contribution is 0.319. The number of aliphatic hydroxyl groups excluding tert-OH is 1. The van der Waals surface area contributed by atoms with Gasteiger partial charge in [0.15, 0.2) is 0 Å². The van der Waals surface area contributed by atoms with Crippen LogP contribution >= 0.6 is 0 Å². The average molecular weight is 259 g/mol. The quantitative estimate of drug-likeness (QED) is 0.821. The summed E-state index contributed by atoms with van der Waals surface area (Å²) in [5.41, 5.74) is 1.20. The molecule has 0 aliphatic rings. The molecule has 5 nitrogen and oxygen atoms in total. The van der Waals surface area contributed by atoms with E-state index in [1.807, 2.05) is 0 Å². The maximum atomic E-state index is 11.9. The molecule has 0 amide bonds. The van der Waals surface area contributed by atoms with Crippen molar-refractivity contribution < 1.29 is 18.6 Å². The third kappa shape index (κ3) is 3.10. The van der Waals surface area contributed by atoms with E-state index in [-0.39, 0.29) is 18.0 Å². The van der Waals surface area contributed by atoms with E-state index in [9.17, 15) is 13.5 Å². The summed E-state index contributed by atoms with van der Waals surface area (Å²) in [6, 6.07) is 4.57. The van der Waals surface area contributed by atoms with Gasteiger partial charge < -0.3 is 10.2 Å². The van der Waals surface area contributed by atoms with Gasteiger partial charge in [-0.15, -0.1) is 0 Å². The highest BCUT2D eigenvalue weighted by Gasteiger charge is 2.21. The van der Waals surface area contributed by atoms with Gasteiger partial charge in [0.25, 0.3) is 0 Å². The highest BCUT2D eigenvalue weighted by atomic mass is 32.2. The van der Waals surface area contributed by atoms with E-state index in [4.69, 9.17) is 5.11 Å². The van der Waals surface area contributed by atoms with Gasteiger partial charge in [0.2, 0.25) is 10.0 Å². The molecule has 1 aromatic carbocycles. The molecule has 0 heterocycles. The second-order valence-electron chi connectivity index (χ2n) is 3.68. The third-order valence-corrected chi connectivity index (χ3v) is 4.26. The first kappa shape index (κ1) is 13.8. The number of benzene rings is 1. The Hall–Kier alpha value is -1.27. The van der Waals surface area contributed by atoms with Gasteiger partial charge in [0, 0.05) is 12.6 Å². The molecule has 0 unspecified atom stereocenters. The Balaban J connectivity index is 3.23. The topological polar surface area (TPSA) is 77.8 Å². The summed E-state index contributed by atoms with van der Waals surface area (Å²) in [5, 5.41) is 18.2. The zero-order valence-electron chi connectivity index (χ0n) is 9.92. The van der Waals surface area contributed by atoms with Crippen molar-refractivity contribution in [2.45, 2.75) is 13.8 Å². The first-order chi connectivity index (χ1) is 7.92. The predicted octanol–water partition coefficient (Wildman–Crippen LogP) is 0.849. The number of phenols is 1. The number of aromatic hydroxyl groups is 1. The molecule has 1 rings (SSSR count). The van der Waals surface area contributed by atoms with E-state index in [0.717, 1.165) is 5.56 Å². The van der Waals surface area contributed by atoms with Crippen LogP contribution in [0.1, 0.15) is 12.5 Å². The molecule has 0 spiro atoms. The molecule has 0 atom stereocenters. The van der Waals surface area contributed by atoms with Gasteiger partial charge in [-0.2, -0.15) is 0 Å². The van der Waals surface area contributed by atoms with Gasteiger partial charge in [-0.1, -0.05) is 6.07 Å². The molecule has 0 aromatic heterocycles. The molecule has 0 bridgehead atoms. The Bertz CT molecular complexity index is 484. The Kier molecular flexibility index (Phi) is 4.36. The highest BCUT2D eigenvalue weighted by Crippen LogP contribution is 2.26. The Labute approximate surface area is 101 Å². The van der Waals surface area contributed by atoms with Crippen LogP contribution in [0.15, 0.2) is 18.2 Å². The van der Waals surface area contributed by atoms with Crippen LogP contribution < -0.4 is 4.31 Å². The summed E-state index contributed by atoms with van der Waals surface area (Å²) in [6.45, 7) is 3.31. The van der Waals surface area contributed by atoms with Gasteiger partial charge in [0.1, 0.15) is 5.75 Å². The summed E-state index contributed by atoms with van der Waals surface area (Å²) in [5.74, 6) is -0.307. The summed E-state index contributed by atoms with van der Waals surface area (Å²) >= 11 is 0. The van der Waals surface area contributed by atoms with Crippen molar-refractivity contribution in [2.24, 2.45) is 0 Å². The molecular weight excluding hydrogens is 242 g/mol. The molecule has 96 valence electrons. The second kappa shape index (κ2) is 5.37. The van der Waals surface area contributed by atoms with Crippen molar-refractivity contribution in [3.63, 3.8) is 0 Å². The summed E-state index contributed by atoms with van der Waals surface area (Å²) in [7, 11) is -3.54. The van der Waals surface area contributed by atoms with Crippen molar-refractivity contribution >= 4 is 15.7 Å². The lowest BCUT2D eigenvalue weighted by atomic mass is 10.2. The number of hydrogen-bond acceptors (Lipinski definition) is 4. The average Bonchev–Trinajstić information content (AvgIpc) is 2.23. The number of rotatable bonds is 5. The fourth-order valence-electron chi connectivity index (χ4n) is 1.61. The van der Waals surface area contributed by atoms with Crippen molar-refractivity contribution in [2.75, 3.05) is 23.2 Å². The molecule has 2 N–H and O–H groups in total. The van der Waals surface area contributed by atoms with Gasteiger partial charge in [-0.3, -0.25) is 4.31 Å². The zero-order chi connectivity index (χ0) is 13.1. The number of anilines is 1. The van der Waals surface area contributed by atoms with Crippen molar-refractivity contribution in [1.82, 2.24) is 0 Å². The predicted molar refractivity (Wildman–Crippen MR) is 66.7 cm³/mol. The van der Waals surface area contributed by atoms with E-state index in [1.54, 1.807) is 19.9 Å². The minimum absolute atomic E-state index is 0.0169. The maximum absolute atomic E-state index is 11.9. The molecule has 0 saturated carbocycles. The molecule has 6 heteroatoms. The molecule has 0 saturated heterocycles. The first-order valence-corrected chi connectivity index (χ1v) is 6.94. The largest absolute Gasteiger partial charge is 0.508 e. The highest BCUT2D eigenvalue weighted by molar-refractivity contribution is 7.92. The molecule has 1 aromatic rings. The molecule has 0 radical (unpaired) electrons. The molecule has 0 aliphatic carbocycles. The van der Waals surface area contributed by atoms with Gasteiger partial charge in [0.05, 0.1) is 18.0 Å². The summed E-state index contributed by atoms with van der Waals surface area (Å²) in [6.07, 6.45) is 0. The van der Waals surface area contributed by atoms with Gasteiger partial charge in [-0.05, 0) is 25.5 Å². The number of aryl methyl sites for hydroxylation is 1. The van der Waals surface area contributed by atoms with Crippen LogP contribution in [0, 0.1) is 6.92 Å². The van der Waals surface area contributed by atoms with E-state index in [1.165, 1.54) is 16.4 Å². The fraction of sp³-hybridized carbons (Fsp3) is 0.455. The Morgan fingerprint density at radius 3 is 2.53 bits per heavy atom. The van der Waals surface area contributed by atoms with Crippen LogP contribution in [0.2, 0.25) is 0 Å². The third-order valence-electron chi connectivity index (χ3n) is 2.43. The van der Waals surface area contributed by atoms with E-state index in [2.05, 4.69) is 0 Å². The zero-order valence-corrected chi connectivity index (χ0v) is 10.7. The standard InChI is InChI=1S/C11H17NO4S/c1-3-12(17(15,16)7-6-13)11-8-10(14)5-4-9(11)2/h4-5,8,13-14H,3,6-7H2,1-2H3. The minimum atomic E-state index is -3.54. The molecule has 17 heavy (non-hydrogen) atoms. The Morgan fingerprint density at radius 2 is 2.00 bits per heavy atom.